The van der Waals surface area contributed by atoms with Crippen LogP contribution in [0.25, 0.3) is 0 Å². The van der Waals surface area contributed by atoms with Crippen molar-refractivity contribution >= 4 is 40.7 Å². The van der Waals surface area contributed by atoms with Crippen LogP contribution in [-0.2, 0) is 17.8 Å². The van der Waals surface area contributed by atoms with Crippen LogP contribution in [0, 0.1) is 4.91 Å². The Morgan fingerprint density at radius 1 is 1.18 bits per heavy atom. The summed E-state index contributed by atoms with van der Waals surface area (Å²) in [6.07, 6.45) is 1.48. The highest BCUT2D eigenvalue weighted by Gasteiger charge is 2.13. The van der Waals surface area contributed by atoms with Crippen LogP contribution in [0.5, 0.6) is 5.75 Å². The predicted molar refractivity (Wildman–Crippen MR) is 129 cm³/mol. The van der Waals surface area contributed by atoms with Gasteiger partial charge in [-0.15, -0.1) is 4.91 Å². The molecule has 0 spiro atoms. The Morgan fingerprint density at radius 2 is 1.91 bits per heavy atom. The lowest BCUT2D eigenvalue weighted by Gasteiger charge is -2.17. The highest BCUT2D eigenvalue weighted by molar-refractivity contribution is 6.32. The smallest absolute Gasteiger partial charge is 0.286 e. The minimum Gasteiger partial charge on any atom is -0.489 e. The van der Waals surface area contributed by atoms with Crippen LogP contribution >= 0.6 is 23.2 Å². The van der Waals surface area contributed by atoms with Crippen LogP contribution in [0.1, 0.15) is 31.4 Å². The number of nitroso groups, excluding NO2 is 1. The van der Waals surface area contributed by atoms with E-state index in [-0.39, 0.29) is 24.9 Å². The topological polar surface area (TPSA) is 103 Å². The SMILES string of the molecule is CC(C)Oc1ccc(Nc2nc(=O)c(CCC(=O)N=O)cn2Cc2ccc(Cl)cc2)cc1Cl. The fraction of sp³-hybridized carbons (Fsp3) is 0.261. The van der Waals surface area contributed by atoms with Gasteiger partial charge in [-0.3, -0.25) is 9.59 Å². The lowest BCUT2D eigenvalue weighted by molar-refractivity contribution is -0.117. The van der Waals surface area contributed by atoms with Gasteiger partial charge in [0.1, 0.15) is 5.75 Å². The van der Waals surface area contributed by atoms with Gasteiger partial charge in [-0.1, -0.05) is 35.3 Å². The maximum atomic E-state index is 12.6. The number of aryl methyl sites for hydroxylation is 1. The number of hydrogen-bond acceptors (Lipinski definition) is 6. The average Bonchev–Trinajstić information content (AvgIpc) is 2.77. The summed E-state index contributed by atoms with van der Waals surface area (Å²) in [4.78, 5) is 38.4. The second-order valence-corrected chi connectivity index (χ2v) is 8.41. The molecule has 1 heterocycles. The molecular weight excluding hydrogens is 467 g/mol. The van der Waals surface area contributed by atoms with E-state index < -0.39 is 11.5 Å². The normalized spacial score (nSPS) is 10.8. The van der Waals surface area contributed by atoms with Crippen molar-refractivity contribution in [1.82, 2.24) is 9.55 Å². The zero-order chi connectivity index (χ0) is 24.0. The molecule has 33 heavy (non-hydrogen) atoms. The van der Waals surface area contributed by atoms with Gasteiger partial charge in [0, 0.05) is 34.1 Å². The summed E-state index contributed by atoms with van der Waals surface area (Å²) in [5.74, 6) is 0.0128. The molecule has 0 aliphatic rings. The summed E-state index contributed by atoms with van der Waals surface area (Å²) < 4.78 is 7.40. The Labute approximate surface area is 200 Å². The summed E-state index contributed by atoms with van der Waals surface area (Å²) in [7, 11) is 0. The molecule has 8 nitrogen and oxygen atoms in total. The number of benzene rings is 2. The first-order valence-electron chi connectivity index (χ1n) is 10.2. The van der Waals surface area contributed by atoms with Gasteiger partial charge in [-0.05, 0) is 56.2 Å². The molecule has 1 N–H and O–H groups in total. The molecule has 0 fully saturated rings. The Morgan fingerprint density at radius 3 is 2.55 bits per heavy atom. The first-order chi connectivity index (χ1) is 15.7. The fourth-order valence-corrected chi connectivity index (χ4v) is 3.41. The third-order valence-corrected chi connectivity index (χ3v) is 5.14. The summed E-state index contributed by atoms with van der Waals surface area (Å²) in [5.41, 5.74) is 1.32. The highest BCUT2D eigenvalue weighted by atomic mass is 35.5. The van der Waals surface area contributed by atoms with Crippen molar-refractivity contribution in [1.29, 1.82) is 0 Å². The van der Waals surface area contributed by atoms with Gasteiger partial charge < -0.3 is 14.6 Å². The van der Waals surface area contributed by atoms with Gasteiger partial charge in [0.05, 0.1) is 17.7 Å². The number of anilines is 2. The number of nitrogens with one attached hydrogen (secondary N) is 1. The van der Waals surface area contributed by atoms with Crippen molar-refractivity contribution in [3.05, 3.63) is 85.1 Å². The van der Waals surface area contributed by atoms with E-state index in [1.54, 1.807) is 41.1 Å². The quantitative estimate of drug-likeness (QED) is 0.407. The molecule has 2 aromatic carbocycles. The number of nitrogens with zero attached hydrogens (tertiary/aromatic N) is 3. The molecule has 0 radical (unpaired) electrons. The van der Waals surface area contributed by atoms with Gasteiger partial charge in [-0.25, -0.2) is 0 Å². The lowest BCUT2D eigenvalue weighted by Crippen LogP contribution is -2.21. The zero-order valence-corrected chi connectivity index (χ0v) is 19.6. The molecule has 3 rings (SSSR count). The predicted octanol–water partition coefficient (Wildman–Crippen LogP) is 5.35. The van der Waals surface area contributed by atoms with Crippen molar-refractivity contribution in [2.45, 2.75) is 39.3 Å². The number of ether oxygens (including phenoxy) is 1. The van der Waals surface area contributed by atoms with E-state index in [1.165, 1.54) is 0 Å². The van der Waals surface area contributed by atoms with Gasteiger partial charge in [0.2, 0.25) is 5.95 Å². The number of halogens is 2. The highest BCUT2D eigenvalue weighted by Crippen LogP contribution is 2.29. The van der Waals surface area contributed by atoms with Gasteiger partial charge in [0.15, 0.2) is 0 Å². The molecule has 0 aliphatic carbocycles. The Balaban J connectivity index is 1.94. The number of hydrogen-bond donors (Lipinski definition) is 1. The monoisotopic (exact) mass is 488 g/mol. The zero-order valence-electron chi connectivity index (χ0n) is 18.0. The largest absolute Gasteiger partial charge is 0.489 e. The number of aromatic nitrogens is 2. The van der Waals surface area contributed by atoms with Gasteiger partial charge >= 0.3 is 0 Å². The van der Waals surface area contributed by atoms with Crippen LogP contribution in [-0.4, -0.2) is 21.6 Å². The standard InChI is InChI=1S/C23H22Cl2N4O4/c1-14(2)33-20-9-8-18(11-19(20)25)26-23-27-22(31)16(5-10-21(30)28-32)13-29(23)12-15-3-6-17(24)7-4-15/h3-4,6-9,11,13-14H,5,10,12H2,1-2H3,(H,26,27,31). The van der Waals surface area contributed by atoms with E-state index >= 15 is 0 Å². The van der Waals surface area contributed by atoms with E-state index in [0.717, 1.165) is 5.56 Å². The van der Waals surface area contributed by atoms with Crippen LogP contribution in [0.3, 0.4) is 0 Å². The molecular formula is C23H22Cl2N4O4. The van der Waals surface area contributed by atoms with Gasteiger partial charge in [0.25, 0.3) is 11.5 Å². The summed E-state index contributed by atoms with van der Waals surface area (Å²) in [6.45, 7) is 4.19. The Bertz CT molecular complexity index is 1210. The maximum absolute atomic E-state index is 12.6. The minimum atomic E-state index is -0.820. The average molecular weight is 489 g/mol. The van der Waals surface area contributed by atoms with E-state index in [2.05, 4.69) is 15.5 Å². The van der Waals surface area contributed by atoms with Crippen molar-refractivity contribution in [3.63, 3.8) is 0 Å². The van der Waals surface area contributed by atoms with E-state index in [1.807, 2.05) is 26.0 Å². The molecule has 1 aromatic heterocycles. The molecule has 10 heteroatoms. The first-order valence-corrected chi connectivity index (χ1v) is 10.9. The maximum Gasteiger partial charge on any atom is 0.286 e. The number of carbonyl (C=O) groups excluding carboxylic acids is 1. The van der Waals surface area contributed by atoms with Crippen LogP contribution in [0.2, 0.25) is 10.0 Å². The first kappa shape index (κ1) is 24.4. The third-order valence-electron chi connectivity index (χ3n) is 4.59. The summed E-state index contributed by atoms with van der Waals surface area (Å²) in [6, 6.07) is 12.4. The van der Waals surface area contributed by atoms with Crippen molar-refractivity contribution in [2.75, 3.05) is 5.32 Å². The van der Waals surface area contributed by atoms with Crippen LogP contribution < -0.4 is 15.6 Å². The Kier molecular flexibility index (Phi) is 8.19. The van der Waals surface area contributed by atoms with Crippen LogP contribution in [0.15, 0.2) is 58.6 Å². The van der Waals surface area contributed by atoms with Crippen molar-refractivity contribution in [3.8, 4) is 5.75 Å². The molecule has 1 amide bonds. The minimum absolute atomic E-state index is 0.0265. The lowest BCUT2D eigenvalue weighted by atomic mass is 10.1. The van der Waals surface area contributed by atoms with Gasteiger partial charge in [-0.2, -0.15) is 4.98 Å². The summed E-state index contributed by atoms with van der Waals surface area (Å²) in [5, 5.41) is 6.51. The second-order valence-electron chi connectivity index (χ2n) is 7.57. The molecule has 0 unspecified atom stereocenters. The molecule has 0 saturated heterocycles. The molecule has 0 saturated carbocycles. The number of carbonyl (C=O) groups is 1. The molecule has 0 bridgehead atoms. The van der Waals surface area contributed by atoms with E-state index in [4.69, 9.17) is 27.9 Å². The number of rotatable bonds is 9. The van der Waals surface area contributed by atoms with E-state index in [0.29, 0.717) is 33.6 Å². The molecule has 172 valence electrons. The second kappa shape index (κ2) is 11.1. The van der Waals surface area contributed by atoms with Crippen LogP contribution in [0.4, 0.5) is 11.6 Å². The molecule has 0 atom stereocenters. The Hall–Kier alpha value is -3.23. The fourth-order valence-electron chi connectivity index (χ4n) is 3.06. The molecule has 0 aliphatic heterocycles. The van der Waals surface area contributed by atoms with E-state index in [9.17, 15) is 14.5 Å². The van der Waals surface area contributed by atoms with Crippen molar-refractivity contribution < 1.29 is 9.53 Å². The summed E-state index contributed by atoms with van der Waals surface area (Å²) >= 11 is 12.3. The van der Waals surface area contributed by atoms with Crippen molar-refractivity contribution in [2.24, 2.45) is 5.18 Å². The third kappa shape index (κ3) is 6.87. The molecule has 3 aromatic rings. The number of amides is 1.